The summed E-state index contributed by atoms with van der Waals surface area (Å²) in [4.78, 5) is 30.7. The van der Waals surface area contributed by atoms with Gasteiger partial charge in [-0.15, -0.1) is 0 Å². The van der Waals surface area contributed by atoms with Crippen molar-refractivity contribution < 1.29 is 14.7 Å². The molecule has 7 heteroatoms. The van der Waals surface area contributed by atoms with Crippen LogP contribution in [0.15, 0.2) is 42.6 Å². The second-order valence-electron chi connectivity index (χ2n) is 7.52. The van der Waals surface area contributed by atoms with Crippen molar-refractivity contribution in [2.24, 2.45) is 5.73 Å². The van der Waals surface area contributed by atoms with E-state index in [-0.39, 0.29) is 6.54 Å². The van der Waals surface area contributed by atoms with Gasteiger partial charge < -0.3 is 21.1 Å². The first-order valence-corrected chi connectivity index (χ1v) is 10.6. The summed E-state index contributed by atoms with van der Waals surface area (Å²) in [7, 11) is 0. The van der Waals surface area contributed by atoms with Gasteiger partial charge in [0.05, 0.1) is 0 Å². The van der Waals surface area contributed by atoms with Gasteiger partial charge in [-0.2, -0.15) is 0 Å². The van der Waals surface area contributed by atoms with Crippen molar-refractivity contribution in [2.45, 2.75) is 31.7 Å². The zero-order valence-corrected chi connectivity index (χ0v) is 17.5. The number of ketones is 1. The van der Waals surface area contributed by atoms with Crippen molar-refractivity contribution in [1.29, 1.82) is 0 Å². The molecule has 1 amide bonds. The molecule has 4 N–H and O–H groups in total. The predicted molar refractivity (Wildman–Crippen MR) is 120 cm³/mol. The summed E-state index contributed by atoms with van der Waals surface area (Å²) in [6, 6.07) is 9.85. The number of hydrogen-bond acceptors (Lipinski definition) is 6. The van der Waals surface area contributed by atoms with E-state index >= 15 is 0 Å². The standard InChI is InChI=1S/C24H28N4O3/c25-15-21(22(30)17-29)27-24(31)20-10-7-18(8-11-20)5-6-19-9-12-23(26-16-19)28-13-3-1-2-4-14-28/h7-12,16,21,29H,1-4,13-15,17,25H2,(H,27,31)/t21-/m0/s1. The van der Waals surface area contributed by atoms with Gasteiger partial charge >= 0.3 is 0 Å². The first-order chi connectivity index (χ1) is 15.1. The van der Waals surface area contributed by atoms with Crippen LogP contribution in [0.2, 0.25) is 0 Å². The van der Waals surface area contributed by atoms with Crippen molar-refractivity contribution in [3.05, 3.63) is 59.3 Å². The molecule has 3 rings (SSSR count). The van der Waals surface area contributed by atoms with Gasteiger partial charge in [0.2, 0.25) is 0 Å². The number of carbonyl (C=O) groups excluding carboxylic acids is 2. The Morgan fingerprint density at radius 2 is 1.68 bits per heavy atom. The average Bonchev–Trinajstić information content (AvgIpc) is 3.11. The fraction of sp³-hybridized carbons (Fsp3) is 0.375. The summed E-state index contributed by atoms with van der Waals surface area (Å²) in [5.41, 5.74) is 7.45. The van der Waals surface area contributed by atoms with Crippen LogP contribution in [0, 0.1) is 11.8 Å². The molecule has 0 bridgehead atoms. The van der Waals surface area contributed by atoms with E-state index in [9.17, 15) is 9.59 Å². The molecule has 0 unspecified atom stereocenters. The summed E-state index contributed by atoms with van der Waals surface area (Å²) in [6.45, 7) is 1.38. The normalized spacial score (nSPS) is 14.7. The highest BCUT2D eigenvalue weighted by Gasteiger charge is 2.18. The lowest BCUT2D eigenvalue weighted by molar-refractivity contribution is -0.123. The minimum Gasteiger partial charge on any atom is -0.388 e. The van der Waals surface area contributed by atoms with Crippen LogP contribution >= 0.6 is 0 Å². The number of Topliss-reactive ketones (excluding diaryl/α,β-unsaturated/α-hetero) is 1. The zero-order valence-electron chi connectivity index (χ0n) is 17.5. The largest absolute Gasteiger partial charge is 0.388 e. The van der Waals surface area contributed by atoms with Crippen molar-refractivity contribution in [1.82, 2.24) is 10.3 Å². The Morgan fingerprint density at radius 1 is 1.03 bits per heavy atom. The average molecular weight is 421 g/mol. The molecular weight excluding hydrogens is 392 g/mol. The van der Waals surface area contributed by atoms with Gasteiger partial charge in [-0.3, -0.25) is 9.59 Å². The van der Waals surface area contributed by atoms with Crippen molar-refractivity contribution >= 4 is 17.5 Å². The first-order valence-electron chi connectivity index (χ1n) is 10.6. The summed E-state index contributed by atoms with van der Waals surface area (Å²) < 4.78 is 0. The van der Waals surface area contributed by atoms with Crippen LogP contribution in [-0.4, -0.2) is 54.1 Å². The van der Waals surface area contributed by atoms with E-state index in [2.05, 4.69) is 27.0 Å². The van der Waals surface area contributed by atoms with E-state index in [1.807, 2.05) is 12.1 Å². The third-order valence-electron chi connectivity index (χ3n) is 5.26. The van der Waals surface area contributed by atoms with Crippen LogP contribution in [-0.2, 0) is 4.79 Å². The Morgan fingerprint density at radius 3 is 2.26 bits per heavy atom. The lowest BCUT2D eigenvalue weighted by Gasteiger charge is -2.21. The van der Waals surface area contributed by atoms with Gasteiger partial charge in [0.15, 0.2) is 5.78 Å². The number of carbonyl (C=O) groups is 2. The smallest absolute Gasteiger partial charge is 0.251 e. The number of rotatable bonds is 6. The number of aliphatic hydroxyl groups is 1. The summed E-state index contributed by atoms with van der Waals surface area (Å²) >= 11 is 0. The van der Waals surface area contributed by atoms with E-state index in [4.69, 9.17) is 10.8 Å². The molecule has 2 aromatic rings. The van der Waals surface area contributed by atoms with Crippen LogP contribution in [0.4, 0.5) is 5.82 Å². The van der Waals surface area contributed by atoms with E-state index in [0.717, 1.165) is 30.0 Å². The Kier molecular flexibility index (Phi) is 8.16. The predicted octanol–water partition coefficient (Wildman–Crippen LogP) is 1.48. The Balaban J connectivity index is 1.61. The molecule has 0 aliphatic carbocycles. The number of nitrogens with two attached hydrogens (primary N) is 1. The Bertz CT molecular complexity index is 938. The molecule has 0 spiro atoms. The molecule has 7 nitrogen and oxygen atoms in total. The SMILES string of the molecule is NC[C@H](NC(=O)c1ccc(C#Cc2ccc(N3CCCCCC3)nc2)cc1)C(=O)CO. The third kappa shape index (κ3) is 6.38. The number of aliphatic hydroxyl groups excluding tert-OH is 1. The first kappa shape index (κ1) is 22.5. The van der Waals surface area contributed by atoms with Crippen molar-refractivity contribution in [2.75, 3.05) is 31.1 Å². The third-order valence-corrected chi connectivity index (χ3v) is 5.26. The maximum Gasteiger partial charge on any atom is 0.251 e. The molecule has 1 aromatic heterocycles. The highest BCUT2D eigenvalue weighted by Crippen LogP contribution is 2.17. The topological polar surface area (TPSA) is 109 Å². The van der Waals surface area contributed by atoms with Gasteiger partial charge in [0.1, 0.15) is 18.5 Å². The van der Waals surface area contributed by atoms with Crippen LogP contribution < -0.4 is 16.0 Å². The molecule has 2 heterocycles. The lowest BCUT2D eigenvalue weighted by Crippen LogP contribution is -2.46. The molecule has 1 saturated heterocycles. The maximum absolute atomic E-state index is 12.3. The van der Waals surface area contributed by atoms with Gasteiger partial charge in [-0.1, -0.05) is 24.7 Å². The van der Waals surface area contributed by atoms with Gasteiger partial charge in [-0.25, -0.2) is 4.98 Å². The fourth-order valence-corrected chi connectivity index (χ4v) is 3.42. The quantitative estimate of drug-likeness (QED) is 0.611. The van der Waals surface area contributed by atoms with Crippen LogP contribution in [0.5, 0.6) is 0 Å². The van der Waals surface area contributed by atoms with E-state index < -0.39 is 24.3 Å². The lowest BCUT2D eigenvalue weighted by atomic mass is 10.1. The van der Waals surface area contributed by atoms with Gasteiger partial charge in [-0.05, 0) is 49.2 Å². The molecule has 1 aliphatic rings. The molecule has 1 aliphatic heterocycles. The van der Waals surface area contributed by atoms with E-state index in [1.54, 1.807) is 30.5 Å². The number of aromatic nitrogens is 1. The number of hydrogen-bond donors (Lipinski definition) is 3. The van der Waals surface area contributed by atoms with Crippen LogP contribution in [0.1, 0.15) is 47.2 Å². The van der Waals surface area contributed by atoms with Crippen molar-refractivity contribution in [3.63, 3.8) is 0 Å². The molecule has 31 heavy (non-hydrogen) atoms. The molecule has 1 fully saturated rings. The summed E-state index contributed by atoms with van der Waals surface area (Å²) in [6.07, 6.45) is 6.79. The van der Waals surface area contributed by atoms with E-state index in [1.165, 1.54) is 25.7 Å². The molecule has 162 valence electrons. The Labute approximate surface area is 182 Å². The number of nitrogens with one attached hydrogen (secondary N) is 1. The molecule has 0 radical (unpaired) electrons. The van der Waals surface area contributed by atoms with Gasteiger partial charge in [0, 0.05) is 42.5 Å². The second-order valence-corrected chi connectivity index (χ2v) is 7.52. The molecule has 1 atom stereocenters. The monoisotopic (exact) mass is 420 g/mol. The van der Waals surface area contributed by atoms with Crippen LogP contribution in [0.25, 0.3) is 0 Å². The van der Waals surface area contributed by atoms with Crippen LogP contribution in [0.3, 0.4) is 0 Å². The number of pyridine rings is 1. The van der Waals surface area contributed by atoms with Crippen molar-refractivity contribution in [3.8, 4) is 11.8 Å². The van der Waals surface area contributed by atoms with Gasteiger partial charge in [0.25, 0.3) is 5.91 Å². The number of benzene rings is 1. The highest BCUT2D eigenvalue weighted by atomic mass is 16.3. The number of nitrogens with zero attached hydrogens (tertiary/aromatic N) is 2. The number of amides is 1. The minimum atomic E-state index is -0.901. The molecule has 1 aromatic carbocycles. The zero-order chi connectivity index (χ0) is 22.1. The highest BCUT2D eigenvalue weighted by molar-refractivity contribution is 5.98. The second kappa shape index (κ2) is 11.3. The maximum atomic E-state index is 12.3. The fourth-order valence-electron chi connectivity index (χ4n) is 3.42. The number of anilines is 1. The molecular formula is C24H28N4O3. The minimum absolute atomic E-state index is 0.0702. The molecule has 0 saturated carbocycles. The Hall–Kier alpha value is -3.21. The summed E-state index contributed by atoms with van der Waals surface area (Å²) in [5.74, 6) is 6.22. The summed E-state index contributed by atoms with van der Waals surface area (Å²) in [5, 5.41) is 11.4. The van der Waals surface area contributed by atoms with E-state index in [0.29, 0.717) is 5.56 Å².